The van der Waals surface area contributed by atoms with Crippen molar-refractivity contribution in [2.24, 2.45) is 0 Å². The Labute approximate surface area is 99.0 Å². The van der Waals surface area contributed by atoms with Gasteiger partial charge >= 0.3 is 5.97 Å². The van der Waals surface area contributed by atoms with Gasteiger partial charge in [-0.2, -0.15) is 0 Å². The van der Waals surface area contributed by atoms with E-state index in [1.54, 1.807) is 12.1 Å². The zero-order valence-electron chi connectivity index (χ0n) is 9.22. The normalized spacial score (nSPS) is 10.1. The van der Waals surface area contributed by atoms with Gasteiger partial charge in [0.05, 0.1) is 12.7 Å². The lowest BCUT2D eigenvalue weighted by Crippen LogP contribution is -2.03. The molecule has 0 aliphatic carbocycles. The Kier molecular flexibility index (Phi) is 3.10. The maximum Gasteiger partial charge on any atom is 0.315 e. The monoisotopic (exact) mass is 228 g/mol. The molecule has 86 valence electrons. The van der Waals surface area contributed by atoms with Crippen LogP contribution in [0.2, 0.25) is 0 Å². The number of fused-ring (bicyclic) bond motifs is 1. The predicted octanol–water partition coefficient (Wildman–Crippen LogP) is 2.77. The summed E-state index contributed by atoms with van der Waals surface area (Å²) >= 11 is 0. The van der Waals surface area contributed by atoms with Crippen molar-refractivity contribution in [2.75, 3.05) is 0 Å². The minimum Gasteiger partial charge on any atom is -0.508 e. The molecule has 17 heavy (non-hydrogen) atoms. The molecule has 2 aromatic rings. The second kappa shape index (κ2) is 4.70. The van der Waals surface area contributed by atoms with Crippen molar-refractivity contribution in [1.29, 1.82) is 0 Å². The molecule has 0 fully saturated rings. The van der Waals surface area contributed by atoms with Crippen LogP contribution in [0.15, 0.2) is 49.2 Å². The number of hydrogen-bond donors (Lipinski definition) is 1. The fraction of sp³-hybridized carbons (Fsp3) is 0.0714. The first-order chi connectivity index (χ1) is 8.19. The molecule has 0 amide bonds. The molecule has 0 atom stereocenters. The first kappa shape index (κ1) is 11.2. The summed E-state index contributed by atoms with van der Waals surface area (Å²) in [6.07, 6.45) is 1.34. The molecule has 3 heteroatoms. The van der Waals surface area contributed by atoms with Crippen LogP contribution in [0.25, 0.3) is 10.8 Å². The largest absolute Gasteiger partial charge is 0.508 e. The lowest BCUT2D eigenvalue weighted by Gasteiger charge is -2.03. The van der Waals surface area contributed by atoms with E-state index in [1.165, 1.54) is 0 Å². The number of carbonyl (C=O) groups excluding carboxylic acids is 1. The Morgan fingerprint density at radius 3 is 2.71 bits per heavy atom. The van der Waals surface area contributed by atoms with Crippen LogP contribution in [-0.2, 0) is 16.0 Å². The van der Waals surface area contributed by atoms with Crippen LogP contribution >= 0.6 is 0 Å². The van der Waals surface area contributed by atoms with Crippen LogP contribution < -0.4 is 0 Å². The van der Waals surface area contributed by atoms with Gasteiger partial charge in [0.25, 0.3) is 0 Å². The van der Waals surface area contributed by atoms with E-state index in [9.17, 15) is 9.90 Å². The molecule has 0 aromatic heterocycles. The minimum atomic E-state index is -0.335. The van der Waals surface area contributed by atoms with E-state index in [0.717, 1.165) is 22.6 Å². The smallest absolute Gasteiger partial charge is 0.315 e. The molecular formula is C14H12O3. The van der Waals surface area contributed by atoms with Crippen molar-refractivity contribution in [2.45, 2.75) is 6.42 Å². The van der Waals surface area contributed by atoms with Crippen LogP contribution in [0.5, 0.6) is 5.75 Å². The number of phenolic OH excluding ortho intramolecular Hbond substituents is 1. The first-order valence-corrected chi connectivity index (χ1v) is 5.21. The lowest BCUT2D eigenvalue weighted by molar-refractivity contribution is -0.137. The fourth-order valence-corrected chi connectivity index (χ4v) is 1.69. The minimum absolute atomic E-state index is 0.211. The van der Waals surface area contributed by atoms with Gasteiger partial charge in [-0.3, -0.25) is 4.79 Å². The van der Waals surface area contributed by atoms with E-state index >= 15 is 0 Å². The van der Waals surface area contributed by atoms with Crippen molar-refractivity contribution in [3.63, 3.8) is 0 Å². The predicted molar refractivity (Wildman–Crippen MR) is 65.6 cm³/mol. The maximum atomic E-state index is 11.3. The molecule has 0 saturated heterocycles. The Hall–Kier alpha value is -2.29. The number of benzene rings is 2. The third-order valence-corrected chi connectivity index (χ3v) is 2.45. The maximum absolute atomic E-state index is 11.3. The Balaban J connectivity index is 2.28. The molecule has 3 nitrogen and oxygen atoms in total. The van der Waals surface area contributed by atoms with E-state index in [1.807, 2.05) is 24.3 Å². The van der Waals surface area contributed by atoms with Gasteiger partial charge in [0.15, 0.2) is 0 Å². The van der Waals surface area contributed by atoms with Gasteiger partial charge in [-0.05, 0) is 28.5 Å². The van der Waals surface area contributed by atoms with Gasteiger partial charge in [-0.1, -0.05) is 30.8 Å². The van der Waals surface area contributed by atoms with E-state index < -0.39 is 0 Å². The molecule has 1 N–H and O–H groups in total. The number of rotatable bonds is 3. The molecule has 2 aromatic carbocycles. The molecule has 0 radical (unpaired) electrons. The van der Waals surface area contributed by atoms with Gasteiger partial charge < -0.3 is 9.84 Å². The summed E-state index contributed by atoms with van der Waals surface area (Å²) in [7, 11) is 0. The average Bonchev–Trinajstić information content (AvgIpc) is 2.29. The summed E-state index contributed by atoms with van der Waals surface area (Å²) in [5, 5.41) is 11.2. The third kappa shape index (κ3) is 2.64. The highest BCUT2D eigenvalue weighted by Gasteiger charge is 2.04. The third-order valence-electron chi connectivity index (χ3n) is 2.45. The number of aromatic hydroxyl groups is 1. The number of phenols is 1. The second-order valence-corrected chi connectivity index (χ2v) is 3.70. The SMILES string of the molecule is C=COC(=O)Cc1ccc2cc(O)ccc2c1. The quantitative estimate of drug-likeness (QED) is 0.649. The summed E-state index contributed by atoms with van der Waals surface area (Å²) < 4.78 is 4.66. The van der Waals surface area contributed by atoms with Crippen molar-refractivity contribution >= 4 is 16.7 Å². The zero-order valence-corrected chi connectivity index (χ0v) is 9.22. The summed E-state index contributed by atoms with van der Waals surface area (Å²) in [6.45, 7) is 3.33. The fourth-order valence-electron chi connectivity index (χ4n) is 1.69. The van der Waals surface area contributed by atoms with Crippen LogP contribution in [0.3, 0.4) is 0 Å². The van der Waals surface area contributed by atoms with Gasteiger partial charge in [-0.25, -0.2) is 0 Å². The Morgan fingerprint density at radius 1 is 1.24 bits per heavy atom. The standard InChI is InChI=1S/C14H12O3/c1-2-17-14(16)8-10-3-4-12-9-13(15)6-5-11(12)7-10/h2-7,9,15H,1,8H2. The van der Waals surface area contributed by atoms with Gasteiger partial charge in [0.2, 0.25) is 0 Å². The molecule has 2 rings (SSSR count). The first-order valence-electron chi connectivity index (χ1n) is 5.21. The molecular weight excluding hydrogens is 216 g/mol. The van der Waals surface area contributed by atoms with Gasteiger partial charge in [-0.15, -0.1) is 0 Å². The summed E-state index contributed by atoms with van der Waals surface area (Å²) in [4.78, 5) is 11.3. The molecule has 0 spiro atoms. The van der Waals surface area contributed by atoms with Crippen molar-refractivity contribution in [3.05, 3.63) is 54.8 Å². The Bertz CT molecular complexity index is 573. The zero-order chi connectivity index (χ0) is 12.3. The Morgan fingerprint density at radius 2 is 1.94 bits per heavy atom. The van der Waals surface area contributed by atoms with Gasteiger partial charge in [0, 0.05) is 0 Å². The van der Waals surface area contributed by atoms with Crippen LogP contribution in [0.4, 0.5) is 0 Å². The molecule has 0 unspecified atom stereocenters. The molecule has 0 aliphatic rings. The summed E-state index contributed by atoms with van der Waals surface area (Å²) in [5.74, 6) is -0.102. The van der Waals surface area contributed by atoms with Crippen molar-refractivity contribution in [3.8, 4) is 5.75 Å². The highest BCUT2D eigenvalue weighted by Crippen LogP contribution is 2.21. The van der Waals surface area contributed by atoms with E-state index in [4.69, 9.17) is 0 Å². The number of ether oxygens (including phenoxy) is 1. The van der Waals surface area contributed by atoms with Crippen LogP contribution in [-0.4, -0.2) is 11.1 Å². The highest BCUT2D eigenvalue weighted by molar-refractivity contribution is 5.85. The van der Waals surface area contributed by atoms with Crippen molar-refractivity contribution in [1.82, 2.24) is 0 Å². The van der Waals surface area contributed by atoms with E-state index in [-0.39, 0.29) is 18.1 Å². The summed E-state index contributed by atoms with van der Waals surface area (Å²) in [5.41, 5.74) is 0.870. The van der Waals surface area contributed by atoms with Crippen LogP contribution in [0.1, 0.15) is 5.56 Å². The number of esters is 1. The van der Waals surface area contributed by atoms with Crippen LogP contribution in [0, 0.1) is 0 Å². The summed E-state index contributed by atoms with van der Waals surface area (Å²) in [6, 6.07) is 10.7. The van der Waals surface area contributed by atoms with E-state index in [0.29, 0.717) is 0 Å². The number of hydrogen-bond acceptors (Lipinski definition) is 3. The molecule has 0 bridgehead atoms. The number of carbonyl (C=O) groups is 1. The average molecular weight is 228 g/mol. The highest BCUT2D eigenvalue weighted by atomic mass is 16.5. The molecule has 0 heterocycles. The topological polar surface area (TPSA) is 46.5 Å². The lowest BCUT2D eigenvalue weighted by atomic mass is 10.0. The van der Waals surface area contributed by atoms with E-state index in [2.05, 4.69) is 11.3 Å². The van der Waals surface area contributed by atoms with Crippen molar-refractivity contribution < 1.29 is 14.6 Å². The molecule has 0 aliphatic heterocycles. The van der Waals surface area contributed by atoms with Gasteiger partial charge in [0.1, 0.15) is 5.75 Å². The molecule has 0 saturated carbocycles. The second-order valence-electron chi connectivity index (χ2n) is 3.70.